The summed E-state index contributed by atoms with van der Waals surface area (Å²) in [5.41, 5.74) is 0. The minimum absolute atomic E-state index is 0.0219. The molecule has 0 bridgehead atoms. The molecule has 1 unspecified atom stereocenters. The number of halogens is 1. The Morgan fingerprint density at radius 1 is 1.22 bits per heavy atom. The number of sulfonamides is 1. The summed E-state index contributed by atoms with van der Waals surface area (Å²) in [6, 6.07) is 9.31. The predicted molar refractivity (Wildman–Crippen MR) is 88.0 cm³/mol. The molecule has 1 amide bonds. The van der Waals surface area contributed by atoms with Crippen molar-refractivity contribution in [1.29, 1.82) is 0 Å². The van der Waals surface area contributed by atoms with Gasteiger partial charge in [0, 0.05) is 28.6 Å². The molecule has 23 heavy (non-hydrogen) atoms. The van der Waals surface area contributed by atoms with Gasteiger partial charge in [0.2, 0.25) is 0 Å². The summed E-state index contributed by atoms with van der Waals surface area (Å²) in [5, 5.41) is 11.2. The molecule has 1 N–H and O–H groups in total. The maximum Gasteiger partial charge on any atom is 0.529 e. The number of hydrogen-bond acceptors (Lipinski definition) is 3. The van der Waals surface area contributed by atoms with E-state index in [1.54, 1.807) is 37.3 Å². The van der Waals surface area contributed by atoms with Crippen LogP contribution in [0, 0.1) is 0 Å². The van der Waals surface area contributed by atoms with Gasteiger partial charge in [-0.1, -0.05) is 35.9 Å². The zero-order valence-corrected chi connectivity index (χ0v) is 14.1. The topological polar surface area (TPSA) is 71.4 Å². The molecular formula is C16H17ClNO4S+. The zero-order chi connectivity index (χ0) is 16.8. The molecule has 5 nitrogen and oxygen atoms in total. The summed E-state index contributed by atoms with van der Waals surface area (Å²) in [6.07, 6.45) is -0.191. The molecule has 0 saturated carbocycles. The van der Waals surface area contributed by atoms with Gasteiger partial charge in [0.1, 0.15) is 17.5 Å². The maximum absolute atomic E-state index is 13.3. The summed E-state index contributed by atoms with van der Waals surface area (Å²) in [7, 11) is -4.11. The largest absolute Gasteiger partial charge is 0.529 e. The monoisotopic (exact) mass is 354 g/mol. The van der Waals surface area contributed by atoms with Gasteiger partial charge in [-0.3, -0.25) is 0 Å². The van der Waals surface area contributed by atoms with E-state index in [0.717, 1.165) is 0 Å². The summed E-state index contributed by atoms with van der Waals surface area (Å²) in [4.78, 5) is 11.9. The summed E-state index contributed by atoms with van der Waals surface area (Å²) >= 11 is 6.15. The van der Waals surface area contributed by atoms with E-state index in [1.165, 1.54) is 6.07 Å². The molecule has 1 heterocycles. The lowest BCUT2D eigenvalue weighted by molar-refractivity contribution is -0.741. The van der Waals surface area contributed by atoms with Crippen LogP contribution in [0.15, 0.2) is 41.3 Å². The standard InChI is InChI=1S/C16H16ClNO4S/c1-11-5-4-10-18(11,16(19)20)23(21,22)15-9-3-6-12-13(15)7-2-8-14(12)17/h2-3,6-9,11H,4-5,10H2,1H3/p+1/t11-,18?/m1/s1. The SMILES string of the molecule is C[C@@H]1CCC[N+]1(C(=O)O)S(=O)(=O)c1cccc2c(Cl)cccc12. The Labute approximate surface area is 139 Å². The summed E-state index contributed by atoms with van der Waals surface area (Å²) in [6.45, 7) is 1.76. The van der Waals surface area contributed by atoms with Crippen molar-refractivity contribution in [2.45, 2.75) is 30.7 Å². The third-order valence-electron chi connectivity index (χ3n) is 4.68. The second-order valence-electron chi connectivity index (χ2n) is 5.86. The molecule has 0 radical (unpaired) electrons. The molecule has 1 aliphatic heterocycles. The van der Waals surface area contributed by atoms with Crippen molar-refractivity contribution >= 4 is 38.5 Å². The first-order valence-corrected chi connectivity index (χ1v) is 9.18. The molecule has 0 aromatic heterocycles. The van der Waals surface area contributed by atoms with Crippen LogP contribution < -0.4 is 0 Å². The van der Waals surface area contributed by atoms with Gasteiger partial charge in [-0.25, -0.2) is 0 Å². The number of benzene rings is 2. The third-order valence-corrected chi connectivity index (χ3v) is 7.48. The average Bonchev–Trinajstić information content (AvgIpc) is 2.90. The molecule has 2 aromatic carbocycles. The number of rotatable bonds is 2. The Morgan fingerprint density at radius 3 is 2.48 bits per heavy atom. The number of carbonyl (C=O) groups is 1. The fraction of sp³-hybridized carbons (Fsp3) is 0.312. The second-order valence-corrected chi connectivity index (χ2v) is 8.31. The molecule has 1 fully saturated rings. The van der Waals surface area contributed by atoms with Crippen molar-refractivity contribution in [3.8, 4) is 0 Å². The average molecular weight is 355 g/mol. The molecule has 2 aromatic rings. The van der Waals surface area contributed by atoms with Crippen LogP contribution in [-0.4, -0.2) is 36.1 Å². The lowest BCUT2D eigenvalue weighted by Crippen LogP contribution is -2.58. The molecule has 7 heteroatoms. The van der Waals surface area contributed by atoms with Crippen molar-refractivity contribution in [1.82, 2.24) is 0 Å². The van der Waals surface area contributed by atoms with E-state index in [4.69, 9.17) is 11.6 Å². The smallest absolute Gasteiger partial charge is 0.435 e. The van der Waals surface area contributed by atoms with Gasteiger partial charge < -0.3 is 5.11 Å². The number of amides is 1. The number of carboxylic acid groups (broad SMARTS) is 1. The number of likely N-dealkylation sites (tertiary alicyclic amines) is 1. The Hall–Kier alpha value is -1.63. The van der Waals surface area contributed by atoms with Crippen molar-refractivity contribution < 1.29 is 22.2 Å². The first-order chi connectivity index (χ1) is 10.8. The van der Waals surface area contributed by atoms with Crippen molar-refractivity contribution in [2.75, 3.05) is 6.54 Å². The van der Waals surface area contributed by atoms with Gasteiger partial charge in [-0.2, -0.15) is 13.2 Å². The van der Waals surface area contributed by atoms with Crippen LogP contribution in [0.1, 0.15) is 19.8 Å². The lowest BCUT2D eigenvalue weighted by atomic mass is 10.1. The van der Waals surface area contributed by atoms with Crippen LogP contribution in [0.2, 0.25) is 5.02 Å². The first-order valence-electron chi connectivity index (χ1n) is 7.36. The van der Waals surface area contributed by atoms with Crippen LogP contribution in [0.5, 0.6) is 0 Å². The van der Waals surface area contributed by atoms with Crippen LogP contribution in [0.3, 0.4) is 0 Å². The van der Waals surface area contributed by atoms with E-state index in [1.807, 2.05) is 0 Å². The number of quaternary nitrogens is 1. The minimum atomic E-state index is -4.11. The van der Waals surface area contributed by atoms with E-state index < -0.39 is 26.0 Å². The Balaban J connectivity index is 2.33. The predicted octanol–water partition coefficient (Wildman–Crippen LogP) is 3.86. The van der Waals surface area contributed by atoms with Gasteiger partial charge >= 0.3 is 16.1 Å². The highest BCUT2D eigenvalue weighted by Crippen LogP contribution is 2.39. The van der Waals surface area contributed by atoms with E-state index in [2.05, 4.69) is 0 Å². The van der Waals surface area contributed by atoms with Crippen LogP contribution in [0.4, 0.5) is 4.79 Å². The molecule has 0 spiro atoms. The van der Waals surface area contributed by atoms with Crippen LogP contribution in [0.25, 0.3) is 10.8 Å². The van der Waals surface area contributed by atoms with Crippen molar-refractivity contribution in [3.63, 3.8) is 0 Å². The molecular weight excluding hydrogens is 338 g/mol. The van der Waals surface area contributed by atoms with Crippen LogP contribution in [-0.2, 0) is 10.0 Å². The number of fused-ring (bicyclic) bond motifs is 1. The summed E-state index contributed by atoms with van der Waals surface area (Å²) in [5.74, 6) is 0. The van der Waals surface area contributed by atoms with Crippen LogP contribution >= 0.6 is 11.6 Å². The van der Waals surface area contributed by atoms with Gasteiger partial charge in [0.05, 0.1) is 0 Å². The highest BCUT2D eigenvalue weighted by molar-refractivity contribution is 7.86. The fourth-order valence-corrected chi connectivity index (χ4v) is 5.89. The van der Waals surface area contributed by atoms with Crippen molar-refractivity contribution in [2.24, 2.45) is 0 Å². The highest BCUT2D eigenvalue weighted by atomic mass is 35.5. The second kappa shape index (κ2) is 5.47. The molecule has 1 aliphatic rings. The van der Waals surface area contributed by atoms with Crippen molar-refractivity contribution in [3.05, 3.63) is 41.4 Å². The maximum atomic E-state index is 13.3. The lowest BCUT2D eigenvalue weighted by Gasteiger charge is -2.31. The van der Waals surface area contributed by atoms with E-state index in [-0.39, 0.29) is 11.4 Å². The zero-order valence-electron chi connectivity index (χ0n) is 12.6. The Kier molecular flexibility index (Phi) is 3.86. The van der Waals surface area contributed by atoms with Gasteiger partial charge in [0.25, 0.3) is 0 Å². The van der Waals surface area contributed by atoms with E-state index >= 15 is 0 Å². The number of hydrogen-bond donors (Lipinski definition) is 1. The highest BCUT2D eigenvalue weighted by Gasteiger charge is 2.57. The number of nitrogens with zero attached hydrogens (tertiary/aromatic N) is 1. The molecule has 122 valence electrons. The minimum Gasteiger partial charge on any atom is -0.435 e. The normalized spacial score (nSPS) is 24.9. The fourth-order valence-electron chi connectivity index (χ4n) is 3.44. The van der Waals surface area contributed by atoms with Gasteiger partial charge in [-0.15, -0.1) is 3.89 Å². The molecule has 1 saturated heterocycles. The Bertz CT molecular complexity index is 896. The quantitative estimate of drug-likeness (QED) is 0.831. The third kappa shape index (κ3) is 2.16. The van der Waals surface area contributed by atoms with Gasteiger partial charge in [0.15, 0.2) is 0 Å². The summed E-state index contributed by atoms with van der Waals surface area (Å²) < 4.78 is 25.6. The van der Waals surface area contributed by atoms with E-state index in [0.29, 0.717) is 28.6 Å². The molecule has 2 atom stereocenters. The van der Waals surface area contributed by atoms with Gasteiger partial charge in [-0.05, 0) is 19.1 Å². The molecule has 0 aliphatic carbocycles. The first kappa shape index (κ1) is 16.2. The Morgan fingerprint density at radius 2 is 1.87 bits per heavy atom. The molecule has 3 rings (SSSR count). The van der Waals surface area contributed by atoms with E-state index in [9.17, 15) is 18.3 Å².